The number of para-hydroxylation sites is 1. The van der Waals surface area contributed by atoms with E-state index in [0.717, 1.165) is 6.07 Å². The number of rotatable bonds is 1. The van der Waals surface area contributed by atoms with E-state index in [1.807, 2.05) is 0 Å². The molecule has 2 rings (SSSR count). The van der Waals surface area contributed by atoms with E-state index >= 15 is 0 Å². The SMILES string of the molecule is O=C1NCc2cccc([B-](F)(F)F)c2O1.[K+]. The Morgan fingerprint density at radius 2 is 2.00 bits per heavy atom. The van der Waals surface area contributed by atoms with Crippen molar-refractivity contribution in [1.82, 2.24) is 5.32 Å². The summed E-state index contributed by atoms with van der Waals surface area (Å²) in [6.07, 6.45) is -0.852. The maximum atomic E-state index is 12.6. The molecule has 0 saturated heterocycles. The number of benzene rings is 1. The van der Waals surface area contributed by atoms with Crippen LogP contribution in [0.15, 0.2) is 18.2 Å². The molecule has 80 valence electrons. The van der Waals surface area contributed by atoms with Crippen LogP contribution >= 0.6 is 0 Å². The number of ether oxygens (including phenoxy) is 1. The van der Waals surface area contributed by atoms with Gasteiger partial charge in [-0.05, 0) is 0 Å². The molecule has 1 aromatic carbocycles. The molecule has 0 saturated carbocycles. The zero-order chi connectivity index (χ0) is 11.1. The standard InChI is InChI=1S/C8H6BF3NO2.K/c10-9(11,12)6-3-1-2-5-4-13-8(14)15-7(5)6;/h1-3H,4H2,(H,13,14);/q-1;+1. The van der Waals surface area contributed by atoms with Crippen LogP contribution in [0.1, 0.15) is 5.56 Å². The van der Waals surface area contributed by atoms with Gasteiger partial charge in [-0.3, -0.25) is 0 Å². The zero-order valence-corrected chi connectivity index (χ0v) is 11.6. The van der Waals surface area contributed by atoms with E-state index in [-0.39, 0.29) is 63.7 Å². The van der Waals surface area contributed by atoms with Crippen molar-refractivity contribution in [1.29, 1.82) is 0 Å². The second kappa shape index (κ2) is 5.09. The van der Waals surface area contributed by atoms with Crippen LogP contribution in [0.5, 0.6) is 5.75 Å². The second-order valence-corrected chi connectivity index (χ2v) is 3.15. The van der Waals surface area contributed by atoms with Crippen LogP contribution in [0, 0.1) is 0 Å². The third kappa shape index (κ3) is 2.81. The Bertz CT molecular complexity index is 424. The summed E-state index contributed by atoms with van der Waals surface area (Å²) in [4.78, 5) is 10.8. The minimum atomic E-state index is -5.16. The zero-order valence-electron chi connectivity index (χ0n) is 8.47. The normalized spacial score (nSPS) is 14.3. The number of carbonyl (C=O) groups excluding carboxylic acids is 1. The first kappa shape index (κ1) is 14.0. The summed E-state index contributed by atoms with van der Waals surface area (Å²) in [5.74, 6) is -0.367. The Labute approximate surface area is 132 Å². The number of amides is 1. The molecule has 1 aliphatic heterocycles. The summed E-state index contributed by atoms with van der Waals surface area (Å²) in [6.45, 7) is -5.09. The Hall–Kier alpha value is -0.0187. The van der Waals surface area contributed by atoms with Gasteiger partial charge in [-0.15, -0.1) is 0 Å². The molecule has 0 unspecified atom stereocenters. The van der Waals surface area contributed by atoms with Crippen molar-refractivity contribution in [3.05, 3.63) is 23.8 Å². The van der Waals surface area contributed by atoms with Crippen molar-refractivity contribution in [2.45, 2.75) is 6.54 Å². The summed E-state index contributed by atoms with van der Waals surface area (Å²) in [5, 5.41) is 2.30. The van der Waals surface area contributed by atoms with Crippen molar-refractivity contribution in [3.8, 4) is 5.75 Å². The topological polar surface area (TPSA) is 38.3 Å². The van der Waals surface area contributed by atoms with Gasteiger partial charge in [0.15, 0.2) is 0 Å². The average molecular weight is 255 g/mol. The minimum Gasteiger partial charge on any atom is -0.445 e. The fourth-order valence-electron chi connectivity index (χ4n) is 1.42. The number of carbonyl (C=O) groups is 1. The van der Waals surface area contributed by atoms with Crippen LogP contribution in [0.3, 0.4) is 0 Å². The number of hydrogen-bond acceptors (Lipinski definition) is 2. The van der Waals surface area contributed by atoms with Gasteiger partial charge in [-0.2, -0.15) is 0 Å². The number of hydrogen-bond donors (Lipinski definition) is 1. The van der Waals surface area contributed by atoms with E-state index in [1.54, 1.807) is 0 Å². The van der Waals surface area contributed by atoms with Gasteiger partial charge in [0.25, 0.3) is 0 Å². The van der Waals surface area contributed by atoms with Gasteiger partial charge in [0.2, 0.25) is 0 Å². The summed E-state index contributed by atoms with van der Waals surface area (Å²) < 4.78 is 42.2. The number of fused-ring (bicyclic) bond motifs is 1. The average Bonchev–Trinajstić information content (AvgIpc) is 2.15. The fraction of sp³-hybridized carbons (Fsp3) is 0.125. The third-order valence-electron chi connectivity index (χ3n) is 2.10. The first-order valence-electron chi connectivity index (χ1n) is 4.26. The van der Waals surface area contributed by atoms with Crippen LogP contribution in [-0.4, -0.2) is 13.1 Å². The molecule has 3 nitrogen and oxygen atoms in total. The maximum Gasteiger partial charge on any atom is 1.00 e. The maximum absolute atomic E-state index is 12.6. The molecule has 0 fully saturated rings. The molecule has 0 aliphatic carbocycles. The summed E-state index contributed by atoms with van der Waals surface area (Å²) in [6, 6.07) is 3.70. The van der Waals surface area contributed by atoms with E-state index < -0.39 is 18.5 Å². The quantitative estimate of drug-likeness (QED) is 0.610. The number of nitrogens with one attached hydrogen (secondary N) is 1. The molecule has 1 aliphatic rings. The van der Waals surface area contributed by atoms with Gasteiger partial charge < -0.3 is 23.0 Å². The molecule has 1 aromatic rings. The van der Waals surface area contributed by atoms with Gasteiger partial charge in [0.1, 0.15) is 5.75 Å². The van der Waals surface area contributed by atoms with Crippen molar-refractivity contribution >= 4 is 18.5 Å². The van der Waals surface area contributed by atoms with Crippen molar-refractivity contribution in [2.24, 2.45) is 0 Å². The molecule has 0 radical (unpaired) electrons. The van der Waals surface area contributed by atoms with Gasteiger partial charge in [-0.1, -0.05) is 23.7 Å². The monoisotopic (exact) mass is 255 g/mol. The molecular weight excluding hydrogens is 249 g/mol. The third-order valence-corrected chi connectivity index (χ3v) is 2.10. The first-order valence-corrected chi connectivity index (χ1v) is 4.26. The number of halogens is 3. The Morgan fingerprint density at radius 3 is 2.62 bits per heavy atom. The first-order chi connectivity index (χ1) is 6.98. The molecule has 1 N–H and O–H groups in total. The van der Waals surface area contributed by atoms with Crippen molar-refractivity contribution in [2.75, 3.05) is 0 Å². The largest absolute Gasteiger partial charge is 1.00 e. The summed E-state index contributed by atoms with van der Waals surface area (Å²) in [5.41, 5.74) is -0.520. The molecule has 8 heteroatoms. The molecule has 0 atom stereocenters. The second-order valence-electron chi connectivity index (χ2n) is 3.15. The van der Waals surface area contributed by atoms with E-state index in [1.165, 1.54) is 12.1 Å². The van der Waals surface area contributed by atoms with E-state index in [2.05, 4.69) is 10.1 Å². The predicted octanol–water partition coefficient (Wildman–Crippen LogP) is -1.65. The van der Waals surface area contributed by atoms with Crippen molar-refractivity contribution in [3.63, 3.8) is 0 Å². The van der Waals surface area contributed by atoms with Crippen LogP contribution < -0.4 is 66.9 Å². The summed E-state index contributed by atoms with van der Waals surface area (Å²) in [7, 11) is 0. The fourth-order valence-corrected chi connectivity index (χ4v) is 1.42. The van der Waals surface area contributed by atoms with Gasteiger partial charge in [-0.25, -0.2) is 4.79 Å². The van der Waals surface area contributed by atoms with Crippen LogP contribution in [-0.2, 0) is 6.54 Å². The smallest absolute Gasteiger partial charge is 0.445 e. The summed E-state index contributed by atoms with van der Waals surface area (Å²) >= 11 is 0. The Morgan fingerprint density at radius 1 is 1.31 bits per heavy atom. The Kier molecular flexibility index (Phi) is 4.47. The molecule has 0 aromatic heterocycles. The van der Waals surface area contributed by atoms with Crippen LogP contribution in [0.2, 0.25) is 0 Å². The molecule has 1 amide bonds. The molecular formula is C8H6BF3KNO2. The molecule has 0 spiro atoms. The van der Waals surface area contributed by atoms with Gasteiger partial charge in [0, 0.05) is 12.1 Å². The van der Waals surface area contributed by atoms with Gasteiger partial charge in [0.05, 0.1) is 0 Å². The molecule has 16 heavy (non-hydrogen) atoms. The van der Waals surface area contributed by atoms with Gasteiger partial charge >= 0.3 is 64.5 Å². The van der Waals surface area contributed by atoms with E-state index in [9.17, 15) is 17.7 Å². The minimum absolute atomic E-state index is 0. The van der Waals surface area contributed by atoms with Crippen molar-refractivity contribution < 1.29 is 73.9 Å². The van der Waals surface area contributed by atoms with Crippen LogP contribution in [0.4, 0.5) is 17.7 Å². The Balaban J connectivity index is 0.00000128. The van der Waals surface area contributed by atoms with E-state index in [4.69, 9.17) is 0 Å². The molecule has 1 heterocycles. The van der Waals surface area contributed by atoms with E-state index in [0.29, 0.717) is 5.56 Å². The molecule has 0 bridgehead atoms. The van der Waals surface area contributed by atoms with Crippen LogP contribution in [0.25, 0.3) is 0 Å². The predicted molar refractivity (Wildman–Crippen MR) is 48.0 cm³/mol.